The lowest BCUT2D eigenvalue weighted by Gasteiger charge is -2.33. The molecule has 5 atom stereocenters. The summed E-state index contributed by atoms with van der Waals surface area (Å²) in [6, 6.07) is 17.3. The van der Waals surface area contributed by atoms with Gasteiger partial charge in [0.15, 0.2) is 5.78 Å². The van der Waals surface area contributed by atoms with E-state index in [4.69, 9.17) is 0 Å². The van der Waals surface area contributed by atoms with Gasteiger partial charge < -0.3 is 15.5 Å². The summed E-state index contributed by atoms with van der Waals surface area (Å²) in [5.74, 6) is -2.15. The van der Waals surface area contributed by atoms with Gasteiger partial charge in [-0.1, -0.05) is 88.4 Å². The van der Waals surface area contributed by atoms with Crippen LogP contribution in [0.4, 0.5) is 0 Å². The van der Waals surface area contributed by atoms with Crippen LogP contribution in [0.25, 0.3) is 0 Å². The average molecular weight is 632 g/mol. The maximum absolute atomic E-state index is 14.1. The fraction of sp³-hybridized carbons (Fsp3) is 0.553. The van der Waals surface area contributed by atoms with Gasteiger partial charge in [-0.3, -0.25) is 24.0 Å². The largest absolute Gasteiger partial charge is 0.345 e. The van der Waals surface area contributed by atoms with Gasteiger partial charge >= 0.3 is 0 Å². The second-order valence-corrected chi connectivity index (χ2v) is 13.9. The van der Waals surface area contributed by atoms with Gasteiger partial charge in [0.25, 0.3) is 0 Å². The van der Waals surface area contributed by atoms with Crippen LogP contribution < -0.4 is 10.6 Å². The Labute approximate surface area is 275 Å². The first-order valence-electron chi connectivity index (χ1n) is 16.8. The topological polar surface area (TPSA) is 113 Å². The van der Waals surface area contributed by atoms with Crippen LogP contribution in [0.15, 0.2) is 60.7 Å². The normalized spacial score (nSPS) is 24.6. The quantitative estimate of drug-likeness (QED) is 0.409. The number of carbonyl (C=O) groups excluding carboxylic acids is 5. The Morgan fingerprint density at radius 2 is 1.26 bits per heavy atom. The molecule has 0 aromatic heterocycles. The fourth-order valence-electron chi connectivity index (χ4n) is 6.29. The monoisotopic (exact) mass is 631 g/mol. The van der Waals surface area contributed by atoms with Gasteiger partial charge in [0.1, 0.15) is 11.8 Å². The van der Waals surface area contributed by atoms with Gasteiger partial charge in [-0.2, -0.15) is 0 Å². The minimum Gasteiger partial charge on any atom is -0.345 e. The van der Waals surface area contributed by atoms with E-state index < -0.39 is 29.8 Å². The number of hydrogen-bond acceptors (Lipinski definition) is 5. The highest BCUT2D eigenvalue weighted by atomic mass is 16.2. The summed E-state index contributed by atoms with van der Waals surface area (Å²) in [6.45, 7) is 9.74. The molecule has 1 fully saturated rings. The highest BCUT2D eigenvalue weighted by Gasteiger charge is 2.34. The fourth-order valence-corrected chi connectivity index (χ4v) is 6.29. The van der Waals surface area contributed by atoms with Gasteiger partial charge in [-0.15, -0.1) is 0 Å². The van der Waals surface area contributed by atoms with Crippen LogP contribution in [-0.2, 0) is 36.8 Å². The number of amides is 3. The minimum absolute atomic E-state index is 0.0345. The highest BCUT2D eigenvalue weighted by molar-refractivity contribution is 5.95. The summed E-state index contributed by atoms with van der Waals surface area (Å²) in [4.78, 5) is 70.2. The lowest BCUT2D eigenvalue weighted by molar-refractivity contribution is -0.140. The van der Waals surface area contributed by atoms with Gasteiger partial charge in [-0.25, -0.2) is 0 Å². The molecule has 1 saturated heterocycles. The maximum atomic E-state index is 14.1. The number of carbonyl (C=O) groups is 5. The SMILES string of the molecule is CC(C)CC1CCC(=O)C[C@@H](Cc2ccccc2)C(=O)N[C@@H](CC(C)C)C(=O)N[C@@H](C)C(=O)C[C@@H](Cc2ccccc2)C(=O)N1C. The zero-order valence-electron chi connectivity index (χ0n) is 28.5. The number of rotatable bonds is 8. The Bertz CT molecular complexity index is 1310. The van der Waals surface area contributed by atoms with Crippen molar-refractivity contribution in [2.24, 2.45) is 23.7 Å². The average Bonchev–Trinajstić information content (AvgIpc) is 3.01. The molecule has 1 heterocycles. The molecule has 3 rings (SSSR count). The lowest BCUT2D eigenvalue weighted by Crippen LogP contribution is -2.53. The smallest absolute Gasteiger partial charge is 0.243 e. The summed E-state index contributed by atoms with van der Waals surface area (Å²) < 4.78 is 0. The molecule has 2 aromatic rings. The van der Waals surface area contributed by atoms with Crippen LogP contribution in [-0.4, -0.2) is 59.4 Å². The van der Waals surface area contributed by atoms with Crippen molar-refractivity contribution >= 4 is 29.3 Å². The Morgan fingerprint density at radius 3 is 1.80 bits per heavy atom. The van der Waals surface area contributed by atoms with Gasteiger partial charge in [0.2, 0.25) is 17.7 Å². The van der Waals surface area contributed by atoms with Crippen LogP contribution in [0, 0.1) is 23.7 Å². The van der Waals surface area contributed by atoms with Gasteiger partial charge in [-0.05, 0) is 62.0 Å². The van der Waals surface area contributed by atoms with Crippen molar-refractivity contribution in [1.29, 1.82) is 0 Å². The molecule has 1 aliphatic heterocycles. The van der Waals surface area contributed by atoms with Crippen molar-refractivity contribution in [2.45, 2.75) is 104 Å². The molecule has 46 heavy (non-hydrogen) atoms. The Balaban J connectivity index is 1.98. The predicted molar refractivity (Wildman–Crippen MR) is 181 cm³/mol. The molecule has 0 aliphatic carbocycles. The molecule has 8 nitrogen and oxygen atoms in total. The summed E-state index contributed by atoms with van der Waals surface area (Å²) in [5, 5.41) is 5.76. The first-order chi connectivity index (χ1) is 21.8. The molecule has 8 heteroatoms. The van der Waals surface area contributed by atoms with Crippen molar-refractivity contribution in [3.63, 3.8) is 0 Å². The predicted octanol–water partition coefficient (Wildman–Crippen LogP) is 5.33. The number of benzene rings is 2. The molecule has 1 unspecified atom stereocenters. The molecule has 0 radical (unpaired) electrons. The van der Waals surface area contributed by atoms with Crippen LogP contribution >= 0.6 is 0 Å². The number of ketones is 2. The van der Waals surface area contributed by atoms with Crippen molar-refractivity contribution in [2.75, 3.05) is 7.05 Å². The molecule has 0 spiro atoms. The molecular formula is C38H53N3O5. The van der Waals surface area contributed by atoms with Crippen molar-refractivity contribution < 1.29 is 24.0 Å². The first-order valence-corrected chi connectivity index (χ1v) is 16.8. The van der Waals surface area contributed by atoms with E-state index in [-0.39, 0.29) is 60.5 Å². The summed E-state index contributed by atoms with van der Waals surface area (Å²) in [5.41, 5.74) is 1.88. The molecule has 2 aromatic carbocycles. The van der Waals surface area contributed by atoms with Gasteiger partial charge in [0.05, 0.1) is 6.04 Å². The van der Waals surface area contributed by atoms with E-state index in [0.29, 0.717) is 32.1 Å². The van der Waals surface area contributed by atoms with E-state index in [1.807, 2.05) is 74.5 Å². The zero-order valence-corrected chi connectivity index (χ0v) is 28.5. The van der Waals surface area contributed by atoms with E-state index in [1.54, 1.807) is 18.9 Å². The standard InChI is InChI=1S/C38H53N3O5/c1-25(2)19-32-17-18-33(42)23-30(21-28-13-9-7-10-14-28)36(44)40-34(20-26(3)4)37(45)39-27(5)35(43)24-31(38(46)41(32)6)22-29-15-11-8-12-16-29/h7-16,25-27,30-32,34H,17-24H2,1-6H3,(H,39,45)(H,40,44)/t27-,30+,31+,32?,34-/m0/s1. The molecule has 3 amide bonds. The van der Waals surface area contributed by atoms with Crippen LogP contribution in [0.1, 0.15) is 84.3 Å². The van der Waals surface area contributed by atoms with Crippen LogP contribution in [0.5, 0.6) is 0 Å². The first kappa shape index (κ1) is 36.7. The Hall–Kier alpha value is -3.81. The Morgan fingerprint density at radius 1 is 0.717 bits per heavy atom. The lowest BCUT2D eigenvalue weighted by atomic mass is 9.88. The third-order valence-electron chi connectivity index (χ3n) is 8.87. The van der Waals surface area contributed by atoms with E-state index in [0.717, 1.165) is 11.1 Å². The minimum atomic E-state index is -0.866. The molecule has 0 bridgehead atoms. The number of Topliss-reactive ketones (excluding diaryl/α,β-unsaturated/α-hetero) is 2. The second-order valence-electron chi connectivity index (χ2n) is 13.9. The van der Waals surface area contributed by atoms with Gasteiger partial charge in [0, 0.05) is 44.2 Å². The van der Waals surface area contributed by atoms with Crippen molar-refractivity contribution in [3.05, 3.63) is 71.8 Å². The van der Waals surface area contributed by atoms with E-state index >= 15 is 0 Å². The van der Waals surface area contributed by atoms with Crippen LogP contribution in [0.2, 0.25) is 0 Å². The third kappa shape index (κ3) is 11.5. The van der Waals surface area contributed by atoms with Crippen molar-refractivity contribution in [1.82, 2.24) is 15.5 Å². The third-order valence-corrected chi connectivity index (χ3v) is 8.87. The number of hydrogen-bond donors (Lipinski definition) is 2. The maximum Gasteiger partial charge on any atom is 0.243 e. The summed E-state index contributed by atoms with van der Waals surface area (Å²) in [6.07, 6.45) is 2.52. The highest BCUT2D eigenvalue weighted by Crippen LogP contribution is 2.24. The van der Waals surface area contributed by atoms with E-state index in [9.17, 15) is 24.0 Å². The number of nitrogens with zero attached hydrogens (tertiary/aromatic N) is 1. The Kier molecular flexibility index (Phi) is 14.2. The van der Waals surface area contributed by atoms with E-state index in [1.165, 1.54) is 0 Å². The van der Waals surface area contributed by atoms with E-state index in [2.05, 4.69) is 24.5 Å². The van der Waals surface area contributed by atoms with Crippen molar-refractivity contribution in [3.8, 4) is 0 Å². The molecule has 0 saturated carbocycles. The second kappa shape index (κ2) is 17.8. The molecule has 1 aliphatic rings. The summed E-state index contributed by atoms with van der Waals surface area (Å²) >= 11 is 0. The molecular weight excluding hydrogens is 578 g/mol. The molecule has 2 N–H and O–H groups in total. The zero-order chi connectivity index (χ0) is 33.8. The van der Waals surface area contributed by atoms with Crippen LogP contribution in [0.3, 0.4) is 0 Å². The summed E-state index contributed by atoms with van der Waals surface area (Å²) in [7, 11) is 1.77. The molecule has 250 valence electrons. The number of nitrogens with one attached hydrogen (secondary N) is 2.